The van der Waals surface area contributed by atoms with Gasteiger partial charge in [0, 0.05) is 36.9 Å². The molecule has 0 radical (unpaired) electrons. The molecule has 0 aliphatic carbocycles. The van der Waals surface area contributed by atoms with Crippen LogP contribution >= 0.6 is 0 Å². The van der Waals surface area contributed by atoms with E-state index in [1.165, 1.54) is 13.2 Å². The van der Waals surface area contributed by atoms with Crippen molar-refractivity contribution in [3.05, 3.63) is 76.4 Å². The third kappa shape index (κ3) is 4.77. The number of carbonyl (C=O) groups excluding carboxylic acids is 1. The largest absolute Gasteiger partial charge is 0.493 e. The highest BCUT2D eigenvalue weighted by Crippen LogP contribution is 2.25. The summed E-state index contributed by atoms with van der Waals surface area (Å²) in [5.41, 5.74) is 0.787. The van der Waals surface area contributed by atoms with Gasteiger partial charge >= 0.3 is 5.63 Å². The van der Waals surface area contributed by atoms with Crippen LogP contribution in [0.2, 0.25) is 0 Å². The molecule has 9 heteroatoms. The standard InChI is InChI=1S/C24H23N5O4/c1-14-25-20(13-21(26-14)29(2)3)27-16-8-10-17(11-9-16)28-23(30)18-12-15-6-5-7-19(32-4)22(15)33-24(18)31/h5-13H,1-4H3,(H,28,30)(H,25,26,27). The van der Waals surface area contributed by atoms with Crippen LogP contribution in [0.4, 0.5) is 23.0 Å². The molecule has 1 amide bonds. The number of rotatable bonds is 6. The van der Waals surface area contributed by atoms with Crippen molar-refractivity contribution in [1.82, 2.24) is 9.97 Å². The van der Waals surface area contributed by atoms with Crippen LogP contribution in [0.1, 0.15) is 16.2 Å². The van der Waals surface area contributed by atoms with E-state index >= 15 is 0 Å². The average molecular weight is 445 g/mol. The molecule has 0 fully saturated rings. The van der Waals surface area contributed by atoms with Gasteiger partial charge in [-0.2, -0.15) is 0 Å². The van der Waals surface area contributed by atoms with Gasteiger partial charge in [-0.25, -0.2) is 14.8 Å². The number of aromatic nitrogens is 2. The third-order valence-corrected chi connectivity index (χ3v) is 4.89. The normalized spacial score (nSPS) is 10.7. The molecule has 4 aromatic rings. The number of aryl methyl sites for hydroxylation is 1. The van der Waals surface area contributed by atoms with E-state index in [4.69, 9.17) is 9.15 Å². The number of amides is 1. The number of ether oxygens (including phenoxy) is 1. The van der Waals surface area contributed by atoms with Crippen molar-refractivity contribution >= 4 is 39.9 Å². The van der Waals surface area contributed by atoms with Crippen LogP contribution in [-0.2, 0) is 0 Å². The van der Waals surface area contributed by atoms with Gasteiger partial charge in [0.25, 0.3) is 5.91 Å². The van der Waals surface area contributed by atoms with Crippen molar-refractivity contribution in [2.75, 3.05) is 36.7 Å². The Hall–Kier alpha value is -4.40. The molecule has 2 heterocycles. The van der Waals surface area contributed by atoms with Crippen LogP contribution in [0.5, 0.6) is 5.75 Å². The fraction of sp³-hybridized carbons (Fsp3) is 0.167. The van der Waals surface area contributed by atoms with E-state index in [1.807, 2.05) is 32.0 Å². The molecule has 0 bridgehead atoms. The van der Waals surface area contributed by atoms with Gasteiger partial charge in [-0.3, -0.25) is 4.79 Å². The molecule has 0 atom stereocenters. The van der Waals surface area contributed by atoms with Crippen molar-refractivity contribution in [1.29, 1.82) is 0 Å². The molecule has 0 saturated heterocycles. The molecule has 4 rings (SSSR count). The molecule has 0 spiro atoms. The predicted octanol–water partition coefficient (Wildman–Crippen LogP) is 3.96. The number of methoxy groups -OCH3 is 1. The fourth-order valence-corrected chi connectivity index (χ4v) is 3.27. The lowest BCUT2D eigenvalue weighted by atomic mass is 10.1. The quantitative estimate of drug-likeness (QED) is 0.429. The highest BCUT2D eigenvalue weighted by molar-refractivity contribution is 6.05. The summed E-state index contributed by atoms with van der Waals surface area (Å²) >= 11 is 0. The first-order valence-corrected chi connectivity index (χ1v) is 10.2. The van der Waals surface area contributed by atoms with Crippen LogP contribution in [0.15, 0.2) is 63.8 Å². The Kier molecular flexibility index (Phi) is 5.95. The van der Waals surface area contributed by atoms with Crippen molar-refractivity contribution < 1.29 is 13.9 Å². The summed E-state index contributed by atoms with van der Waals surface area (Å²) in [6.45, 7) is 1.83. The minimum atomic E-state index is -0.737. The van der Waals surface area contributed by atoms with Crippen molar-refractivity contribution in [3.8, 4) is 5.75 Å². The SMILES string of the molecule is COc1cccc2cc(C(=O)Nc3ccc(Nc4cc(N(C)C)nc(C)n4)cc3)c(=O)oc12. The molecule has 33 heavy (non-hydrogen) atoms. The Balaban J connectivity index is 1.51. The number of nitrogens with one attached hydrogen (secondary N) is 2. The predicted molar refractivity (Wildman–Crippen MR) is 128 cm³/mol. The van der Waals surface area contributed by atoms with E-state index < -0.39 is 11.5 Å². The summed E-state index contributed by atoms with van der Waals surface area (Å²) in [6, 6.07) is 15.6. The third-order valence-electron chi connectivity index (χ3n) is 4.89. The molecule has 0 aliphatic heterocycles. The maximum Gasteiger partial charge on any atom is 0.349 e. The Morgan fingerprint density at radius 1 is 1.03 bits per heavy atom. The molecule has 0 saturated carbocycles. The van der Waals surface area contributed by atoms with Gasteiger partial charge in [-0.1, -0.05) is 12.1 Å². The number of benzene rings is 2. The Bertz CT molecular complexity index is 1380. The molecule has 2 aromatic carbocycles. The molecule has 168 valence electrons. The lowest BCUT2D eigenvalue weighted by Gasteiger charge is -2.14. The zero-order valence-corrected chi connectivity index (χ0v) is 18.7. The minimum Gasteiger partial charge on any atom is -0.493 e. The zero-order valence-electron chi connectivity index (χ0n) is 18.7. The maximum atomic E-state index is 12.7. The van der Waals surface area contributed by atoms with Crippen molar-refractivity contribution in [3.63, 3.8) is 0 Å². The summed E-state index contributed by atoms with van der Waals surface area (Å²) in [6.07, 6.45) is 0. The summed E-state index contributed by atoms with van der Waals surface area (Å²) in [7, 11) is 5.31. The Labute approximate surface area is 190 Å². The second-order valence-corrected chi connectivity index (χ2v) is 7.54. The molecule has 9 nitrogen and oxygen atoms in total. The zero-order chi connectivity index (χ0) is 23.5. The van der Waals surface area contributed by atoms with E-state index in [9.17, 15) is 9.59 Å². The minimum absolute atomic E-state index is 0.0920. The van der Waals surface area contributed by atoms with Gasteiger partial charge in [0.2, 0.25) is 0 Å². The van der Waals surface area contributed by atoms with Gasteiger partial charge in [0.1, 0.15) is 23.0 Å². The Morgan fingerprint density at radius 2 is 1.76 bits per heavy atom. The smallest absolute Gasteiger partial charge is 0.349 e. The summed E-state index contributed by atoms with van der Waals surface area (Å²) in [5.74, 6) is 1.97. The van der Waals surface area contributed by atoms with E-state index in [-0.39, 0.29) is 5.56 Å². The number of fused-ring (bicyclic) bond motifs is 1. The average Bonchev–Trinajstić information content (AvgIpc) is 2.79. The first-order valence-electron chi connectivity index (χ1n) is 10.2. The second kappa shape index (κ2) is 8.99. The number of anilines is 4. The van der Waals surface area contributed by atoms with Gasteiger partial charge in [-0.15, -0.1) is 0 Å². The van der Waals surface area contributed by atoms with Crippen molar-refractivity contribution in [2.45, 2.75) is 6.92 Å². The number of hydrogen-bond donors (Lipinski definition) is 2. The molecular weight excluding hydrogens is 422 g/mol. The highest BCUT2D eigenvalue weighted by atomic mass is 16.5. The lowest BCUT2D eigenvalue weighted by molar-refractivity contribution is 0.102. The number of carbonyl (C=O) groups is 1. The first kappa shape index (κ1) is 21.8. The summed E-state index contributed by atoms with van der Waals surface area (Å²) < 4.78 is 10.5. The molecule has 0 aliphatic rings. The van der Waals surface area contributed by atoms with Crippen molar-refractivity contribution in [2.24, 2.45) is 0 Å². The van der Waals surface area contributed by atoms with Crippen LogP contribution < -0.4 is 25.9 Å². The second-order valence-electron chi connectivity index (χ2n) is 7.54. The summed E-state index contributed by atoms with van der Waals surface area (Å²) in [5, 5.41) is 6.54. The molecule has 0 unspecified atom stereocenters. The number of hydrogen-bond acceptors (Lipinski definition) is 8. The van der Waals surface area contributed by atoms with E-state index in [0.717, 1.165) is 11.5 Å². The van der Waals surface area contributed by atoms with E-state index in [2.05, 4.69) is 20.6 Å². The molecule has 2 aromatic heterocycles. The Morgan fingerprint density at radius 3 is 2.45 bits per heavy atom. The van der Waals surface area contributed by atoms with Crippen LogP contribution in [0.25, 0.3) is 11.0 Å². The van der Waals surface area contributed by atoms with Gasteiger partial charge in [0.15, 0.2) is 11.3 Å². The van der Waals surface area contributed by atoms with Crippen LogP contribution in [-0.4, -0.2) is 37.1 Å². The highest BCUT2D eigenvalue weighted by Gasteiger charge is 2.16. The van der Waals surface area contributed by atoms with Gasteiger partial charge in [0.05, 0.1) is 7.11 Å². The topological polar surface area (TPSA) is 110 Å². The lowest BCUT2D eigenvalue weighted by Crippen LogP contribution is -2.20. The van der Waals surface area contributed by atoms with E-state index in [1.54, 1.807) is 42.5 Å². The first-order chi connectivity index (χ1) is 15.8. The van der Waals surface area contributed by atoms with Crippen LogP contribution in [0.3, 0.4) is 0 Å². The van der Waals surface area contributed by atoms with Gasteiger partial charge < -0.3 is 24.7 Å². The summed E-state index contributed by atoms with van der Waals surface area (Å²) in [4.78, 5) is 35.8. The number of para-hydroxylation sites is 1. The van der Waals surface area contributed by atoms with Gasteiger partial charge in [-0.05, 0) is 43.3 Å². The maximum absolute atomic E-state index is 12.7. The monoisotopic (exact) mass is 445 g/mol. The number of nitrogens with zero attached hydrogens (tertiary/aromatic N) is 3. The fourth-order valence-electron chi connectivity index (χ4n) is 3.27. The van der Waals surface area contributed by atoms with Crippen LogP contribution in [0, 0.1) is 6.92 Å². The molecule has 2 N–H and O–H groups in total. The molecular formula is C24H23N5O4. The van der Waals surface area contributed by atoms with E-state index in [0.29, 0.717) is 34.0 Å².